The minimum absolute atomic E-state index is 0.947. The molecule has 3 rings (SSSR count). The van der Waals surface area contributed by atoms with Gasteiger partial charge in [0.25, 0.3) is 0 Å². The Bertz CT molecular complexity index is 746. The van der Waals surface area contributed by atoms with Crippen molar-refractivity contribution in [3.05, 3.63) is 70.8 Å². The molecule has 0 saturated heterocycles. The molecule has 1 fully saturated rings. The summed E-state index contributed by atoms with van der Waals surface area (Å²) in [6, 6.07) is 17.6. The van der Waals surface area contributed by atoms with Crippen LogP contribution in [0.1, 0.15) is 87.5 Å². The molecule has 0 heterocycles. The molecule has 0 N–H and O–H groups in total. The Balaban J connectivity index is 1.46. The van der Waals surface area contributed by atoms with E-state index >= 15 is 0 Å². The third kappa shape index (κ3) is 6.56. The van der Waals surface area contributed by atoms with E-state index in [1.165, 1.54) is 68.9 Å². The third-order valence-corrected chi connectivity index (χ3v) is 6.30. The van der Waals surface area contributed by atoms with Crippen molar-refractivity contribution in [2.24, 2.45) is 11.8 Å². The highest BCUT2D eigenvalue weighted by molar-refractivity contribution is 5.44. The lowest BCUT2D eigenvalue weighted by atomic mass is 9.78. The molecule has 1 aliphatic carbocycles. The van der Waals surface area contributed by atoms with Crippen LogP contribution in [0.5, 0.6) is 0 Å². The first-order valence-electron chi connectivity index (χ1n) is 11.5. The summed E-state index contributed by atoms with van der Waals surface area (Å²) in [5.41, 5.74) is 5.07. The first kappa shape index (κ1) is 20.7. The number of aryl methyl sites for hydroxylation is 2. The fourth-order valence-electron chi connectivity index (χ4n) is 4.53. The fourth-order valence-corrected chi connectivity index (χ4v) is 4.53. The van der Waals surface area contributed by atoms with Gasteiger partial charge >= 0.3 is 0 Å². The summed E-state index contributed by atoms with van der Waals surface area (Å²) in [5, 5.41) is 0. The van der Waals surface area contributed by atoms with Gasteiger partial charge in [-0.25, -0.2) is 0 Å². The summed E-state index contributed by atoms with van der Waals surface area (Å²) in [6.07, 6.45) is 13.5. The Hall–Kier alpha value is -2.00. The van der Waals surface area contributed by atoms with Crippen molar-refractivity contribution in [1.29, 1.82) is 0 Å². The van der Waals surface area contributed by atoms with Gasteiger partial charge in [0.05, 0.1) is 0 Å². The maximum absolute atomic E-state index is 3.31. The van der Waals surface area contributed by atoms with Gasteiger partial charge in [-0.05, 0) is 66.5 Å². The molecule has 1 saturated carbocycles. The molecule has 0 spiro atoms. The predicted molar refractivity (Wildman–Crippen MR) is 122 cm³/mol. The minimum atomic E-state index is 0.947. The second-order valence-electron chi connectivity index (χ2n) is 8.61. The molecule has 0 aromatic heterocycles. The first-order valence-corrected chi connectivity index (χ1v) is 11.5. The lowest BCUT2D eigenvalue weighted by Crippen LogP contribution is -2.15. The molecule has 0 amide bonds. The van der Waals surface area contributed by atoms with Gasteiger partial charge in [0.1, 0.15) is 0 Å². The Kier molecular flexibility index (Phi) is 8.23. The van der Waals surface area contributed by atoms with Crippen molar-refractivity contribution in [3.8, 4) is 11.8 Å². The highest BCUT2D eigenvalue weighted by Gasteiger charge is 2.20. The zero-order valence-corrected chi connectivity index (χ0v) is 17.8. The zero-order valence-electron chi connectivity index (χ0n) is 17.8. The molecule has 0 unspecified atom stereocenters. The molecule has 28 heavy (non-hydrogen) atoms. The van der Waals surface area contributed by atoms with E-state index in [4.69, 9.17) is 0 Å². The Morgan fingerprint density at radius 3 is 1.54 bits per heavy atom. The zero-order chi connectivity index (χ0) is 19.6. The second kappa shape index (κ2) is 11.1. The van der Waals surface area contributed by atoms with Crippen molar-refractivity contribution < 1.29 is 0 Å². The first-order chi connectivity index (χ1) is 13.8. The van der Waals surface area contributed by atoms with Crippen LogP contribution < -0.4 is 0 Å². The highest BCUT2D eigenvalue weighted by atomic mass is 14.3. The van der Waals surface area contributed by atoms with Crippen LogP contribution in [0.4, 0.5) is 0 Å². The Morgan fingerprint density at radius 1 is 0.607 bits per heavy atom. The SMILES string of the molecule is CCCc1ccc(C#Cc2ccc(CC[C@H]3CC[C@H](CCC)CC3)cc2)cc1. The Labute approximate surface area is 172 Å². The van der Waals surface area contributed by atoms with Crippen LogP contribution in [0.15, 0.2) is 48.5 Å². The van der Waals surface area contributed by atoms with Crippen molar-refractivity contribution >= 4 is 0 Å². The summed E-state index contributed by atoms with van der Waals surface area (Å²) >= 11 is 0. The molecule has 0 heteroatoms. The van der Waals surface area contributed by atoms with Gasteiger partial charge in [0.15, 0.2) is 0 Å². The van der Waals surface area contributed by atoms with Crippen LogP contribution in [-0.4, -0.2) is 0 Å². The van der Waals surface area contributed by atoms with Gasteiger partial charge in [-0.3, -0.25) is 0 Å². The summed E-state index contributed by atoms with van der Waals surface area (Å²) in [6.45, 7) is 4.54. The van der Waals surface area contributed by atoms with Gasteiger partial charge < -0.3 is 0 Å². The minimum Gasteiger partial charge on any atom is -0.0654 e. The van der Waals surface area contributed by atoms with E-state index in [9.17, 15) is 0 Å². The van der Waals surface area contributed by atoms with Crippen molar-refractivity contribution in [2.45, 2.75) is 78.1 Å². The van der Waals surface area contributed by atoms with Crippen molar-refractivity contribution in [3.63, 3.8) is 0 Å². The smallest absolute Gasteiger partial charge is 0.0249 e. The largest absolute Gasteiger partial charge is 0.0654 e. The van der Waals surface area contributed by atoms with Gasteiger partial charge in [0, 0.05) is 11.1 Å². The molecular formula is C28H36. The van der Waals surface area contributed by atoms with E-state index < -0.39 is 0 Å². The summed E-state index contributed by atoms with van der Waals surface area (Å²) in [4.78, 5) is 0. The average Bonchev–Trinajstić information content (AvgIpc) is 2.74. The molecule has 2 aromatic rings. The third-order valence-electron chi connectivity index (χ3n) is 6.30. The maximum atomic E-state index is 3.31. The lowest BCUT2D eigenvalue weighted by molar-refractivity contribution is 0.252. The number of hydrogen-bond donors (Lipinski definition) is 0. The van der Waals surface area contributed by atoms with Crippen LogP contribution in [-0.2, 0) is 12.8 Å². The predicted octanol–water partition coefficient (Wildman–Crippen LogP) is 7.58. The van der Waals surface area contributed by atoms with Gasteiger partial charge in [-0.1, -0.05) is 94.9 Å². The topological polar surface area (TPSA) is 0 Å². The fraction of sp³-hybridized carbons (Fsp3) is 0.500. The highest BCUT2D eigenvalue weighted by Crippen LogP contribution is 2.33. The lowest BCUT2D eigenvalue weighted by Gasteiger charge is -2.28. The summed E-state index contributed by atoms with van der Waals surface area (Å²) in [7, 11) is 0. The van der Waals surface area contributed by atoms with E-state index in [2.05, 4.69) is 74.2 Å². The molecule has 0 nitrogen and oxygen atoms in total. The van der Waals surface area contributed by atoms with Crippen LogP contribution in [0.3, 0.4) is 0 Å². The standard InChI is InChI=1S/C28H36/c1-3-5-23-7-11-25(12-8-23)15-17-27-19-21-28(22-20-27)18-16-26-13-9-24(6-4-2)10-14-26/h7-8,11-12,19-22,24,26H,3-6,9-10,13-14,16,18H2,1-2H3/t24-,26-. The van der Waals surface area contributed by atoms with E-state index in [0.29, 0.717) is 0 Å². The molecule has 0 atom stereocenters. The molecule has 2 aromatic carbocycles. The number of benzene rings is 2. The molecule has 148 valence electrons. The van der Waals surface area contributed by atoms with Crippen molar-refractivity contribution in [1.82, 2.24) is 0 Å². The molecule has 0 radical (unpaired) electrons. The van der Waals surface area contributed by atoms with E-state index in [0.717, 1.165) is 29.4 Å². The second-order valence-corrected chi connectivity index (χ2v) is 8.61. The van der Waals surface area contributed by atoms with Crippen LogP contribution in [0, 0.1) is 23.7 Å². The van der Waals surface area contributed by atoms with E-state index in [-0.39, 0.29) is 0 Å². The normalized spacial score (nSPS) is 19.1. The summed E-state index contributed by atoms with van der Waals surface area (Å²) in [5.74, 6) is 8.57. The average molecular weight is 373 g/mol. The van der Waals surface area contributed by atoms with E-state index in [1.807, 2.05) is 0 Å². The molecule has 1 aliphatic rings. The van der Waals surface area contributed by atoms with Gasteiger partial charge in [-0.2, -0.15) is 0 Å². The summed E-state index contributed by atoms with van der Waals surface area (Å²) < 4.78 is 0. The van der Waals surface area contributed by atoms with Crippen molar-refractivity contribution in [2.75, 3.05) is 0 Å². The van der Waals surface area contributed by atoms with Gasteiger partial charge in [-0.15, -0.1) is 0 Å². The van der Waals surface area contributed by atoms with Crippen LogP contribution in [0.25, 0.3) is 0 Å². The van der Waals surface area contributed by atoms with Crippen LogP contribution >= 0.6 is 0 Å². The monoisotopic (exact) mass is 372 g/mol. The molecular weight excluding hydrogens is 336 g/mol. The van der Waals surface area contributed by atoms with Gasteiger partial charge in [0.2, 0.25) is 0 Å². The quantitative estimate of drug-likeness (QED) is 0.439. The van der Waals surface area contributed by atoms with Crippen LogP contribution in [0.2, 0.25) is 0 Å². The Morgan fingerprint density at radius 2 is 1.07 bits per heavy atom. The number of rotatable bonds is 7. The van der Waals surface area contributed by atoms with E-state index in [1.54, 1.807) is 0 Å². The molecule has 0 aliphatic heterocycles. The molecule has 0 bridgehead atoms. The number of hydrogen-bond acceptors (Lipinski definition) is 0. The maximum Gasteiger partial charge on any atom is 0.0249 e.